The molecule has 0 aliphatic heterocycles. The van der Waals surface area contributed by atoms with E-state index in [-0.39, 0.29) is 18.6 Å². The van der Waals surface area contributed by atoms with E-state index in [0.717, 1.165) is 0 Å². The second-order valence-corrected chi connectivity index (χ2v) is 3.68. The molecule has 0 saturated heterocycles. The monoisotopic (exact) mass is 244 g/mol. The number of azide groups is 1. The van der Waals surface area contributed by atoms with Crippen molar-refractivity contribution in [2.45, 2.75) is 32.4 Å². The van der Waals surface area contributed by atoms with Crippen molar-refractivity contribution in [3.05, 3.63) is 10.4 Å². The molecule has 7 nitrogen and oxygen atoms in total. The summed E-state index contributed by atoms with van der Waals surface area (Å²) < 4.78 is 10.2. The van der Waals surface area contributed by atoms with Gasteiger partial charge in [-0.15, -0.1) is 0 Å². The second kappa shape index (κ2) is 7.89. The van der Waals surface area contributed by atoms with Crippen LogP contribution in [0.2, 0.25) is 0 Å². The number of nitrogens with one attached hydrogen (secondary N) is 1. The van der Waals surface area contributed by atoms with E-state index in [2.05, 4.69) is 15.3 Å². The number of esters is 1. The maximum absolute atomic E-state index is 11.9. The first-order valence-electron chi connectivity index (χ1n) is 5.48. The Bertz CT molecular complexity index is 291. The summed E-state index contributed by atoms with van der Waals surface area (Å²) >= 11 is 0. The highest BCUT2D eigenvalue weighted by molar-refractivity contribution is 5.81. The van der Waals surface area contributed by atoms with Crippen molar-refractivity contribution in [1.82, 2.24) is 5.32 Å². The summed E-state index contributed by atoms with van der Waals surface area (Å²) in [5.41, 5.74) is 7.21. The van der Waals surface area contributed by atoms with Crippen molar-refractivity contribution in [3.63, 3.8) is 0 Å². The Morgan fingerprint density at radius 2 is 2.29 bits per heavy atom. The molecule has 0 aliphatic rings. The molecule has 0 aromatic heterocycles. The van der Waals surface area contributed by atoms with E-state index in [1.807, 2.05) is 0 Å². The fourth-order valence-corrected chi connectivity index (χ4v) is 1.31. The lowest BCUT2D eigenvalue weighted by atomic mass is 9.95. The molecule has 2 atom stereocenters. The molecule has 1 N–H and O–H groups in total. The Hall–Kier alpha value is -1.30. The summed E-state index contributed by atoms with van der Waals surface area (Å²) in [5, 5.41) is 6.39. The number of methoxy groups -OCH3 is 1. The Morgan fingerprint density at radius 3 is 2.76 bits per heavy atom. The molecule has 0 aromatic carbocycles. The first-order chi connectivity index (χ1) is 8.02. The van der Waals surface area contributed by atoms with Gasteiger partial charge in [0.2, 0.25) is 0 Å². The van der Waals surface area contributed by atoms with Gasteiger partial charge in [0, 0.05) is 25.1 Å². The fraction of sp³-hybridized carbons (Fsp3) is 0.900. The zero-order valence-corrected chi connectivity index (χ0v) is 10.8. The standard InChI is InChI=1S/C10H20N4O3/c1-5-17-9(15)10(3,8(2)16-4)12-6-7-13-14-11/h8,12H,5-7H2,1-4H3. The van der Waals surface area contributed by atoms with Gasteiger partial charge in [-0.05, 0) is 26.3 Å². The first kappa shape index (κ1) is 15.7. The topological polar surface area (TPSA) is 96.3 Å². The molecule has 0 saturated carbocycles. The largest absolute Gasteiger partial charge is 0.465 e. The average molecular weight is 244 g/mol. The SMILES string of the molecule is CCOC(=O)C(C)(NCCN=[N+]=[N-])C(C)OC. The van der Waals surface area contributed by atoms with Crippen molar-refractivity contribution in [2.24, 2.45) is 5.11 Å². The number of carbonyl (C=O) groups excluding carboxylic acids is 1. The van der Waals surface area contributed by atoms with Gasteiger partial charge in [0.1, 0.15) is 5.54 Å². The highest BCUT2D eigenvalue weighted by Gasteiger charge is 2.40. The van der Waals surface area contributed by atoms with E-state index in [1.54, 1.807) is 20.8 Å². The lowest BCUT2D eigenvalue weighted by Gasteiger charge is -2.33. The summed E-state index contributed by atoms with van der Waals surface area (Å²) in [6.45, 7) is 6.18. The highest BCUT2D eigenvalue weighted by atomic mass is 16.5. The summed E-state index contributed by atoms with van der Waals surface area (Å²) in [6, 6.07) is 0. The zero-order chi connectivity index (χ0) is 13.3. The molecule has 0 radical (unpaired) electrons. The van der Waals surface area contributed by atoms with Gasteiger partial charge in [-0.25, -0.2) is 4.79 Å². The predicted octanol–water partition coefficient (Wildman–Crippen LogP) is 1.24. The Balaban J connectivity index is 4.60. The van der Waals surface area contributed by atoms with Gasteiger partial charge in [-0.2, -0.15) is 0 Å². The maximum Gasteiger partial charge on any atom is 0.328 e. The molecule has 0 fully saturated rings. The van der Waals surface area contributed by atoms with Gasteiger partial charge < -0.3 is 9.47 Å². The Labute approximate surface area is 101 Å². The third-order valence-corrected chi connectivity index (χ3v) is 2.63. The summed E-state index contributed by atoms with van der Waals surface area (Å²) in [5.74, 6) is -0.379. The number of nitrogens with zero attached hydrogens (tertiary/aromatic N) is 3. The molecule has 0 aromatic rings. The van der Waals surface area contributed by atoms with E-state index in [9.17, 15) is 4.79 Å². The van der Waals surface area contributed by atoms with Crippen molar-refractivity contribution >= 4 is 5.97 Å². The van der Waals surface area contributed by atoms with Gasteiger partial charge in [-0.3, -0.25) is 5.32 Å². The molecule has 0 spiro atoms. The van der Waals surface area contributed by atoms with Crippen molar-refractivity contribution in [1.29, 1.82) is 0 Å². The van der Waals surface area contributed by atoms with Crippen LogP contribution in [0.5, 0.6) is 0 Å². The number of hydrogen-bond acceptors (Lipinski definition) is 5. The number of carbonyl (C=O) groups is 1. The van der Waals surface area contributed by atoms with Gasteiger partial charge in [0.15, 0.2) is 0 Å². The van der Waals surface area contributed by atoms with Crippen LogP contribution in [0.4, 0.5) is 0 Å². The molecular weight excluding hydrogens is 224 g/mol. The van der Waals surface area contributed by atoms with Gasteiger partial charge >= 0.3 is 5.97 Å². The van der Waals surface area contributed by atoms with E-state index in [1.165, 1.54) is 7.11 Å². The first-order valence-corrected chi connectivity index (χ1v) is 5.48. The molecule has 17 heavy (non-hydrogen) atoms. The molecule has 2 unspecified atom stereocenters. The molecule has 98 valence electrons. The molecule has 0 amide bonds. The third kappa shape index (κ3) is 4.60. The predicted molar refractivity (Wildman–Crippen MR) is 63.5 cm³/mol. The van der Waals surface area contributed by atoms with Gasteiger partial charge in [0.05, 0.1) is 12.7 Å². The summed E-state index contributed by atoms with van der Waals surface area (Å²) in [6.07, 6.45) is -0.354. The van der Waals surface area contributed by atoms with E-state index < -0.39 is 5.54 Å². The minimum Gasteiger partial charge on any atom is -0.465 e. The zero-order valence-electron chi connectivity index (χ0n) is 10.8. The Morgan fingerprint density at radius 1 is 1.65 bits per heavy atom. The van der Waals surface area contributed by atoms with E-state index >= 15 is 0 Å². The van der Waals surface area contributed by atoms with Crippen LogP contribution >= 0.6 is 0 Å². The van der Waals surface area contributed by atoms with Crippen molar-refractivity contribution in [2.75, 3.05) is 26.8 Å². The molecule has 7 heteroatoms. The van der Waals surface area contributed by atoms with Crippen molar-refractivity contribution < 1.29 is 14.3 Å². The number of ether oxygens (including phenoxy) is 2. The smallest absolute Gasteiger partial charge is 0.328 e. The maximum atomic E-state index is 11.9. The average Bonchev–Trinajstić information content (AvgIpc) is 2.33. The molecule has 0 rings (SSSR count). The normalized spacial score (nSPS) is 15.5. The van der Waals surface area contributed by atoms with Crippen LogP contribution in [-0.4, -0.2) is 44.4 Å². The van der Waals surface area contributed by atoms with Crippen LogP contribution in [0, 0.1) is 0 Å². The molecule has 0 heterocycles. The minimum atomic E-state index is -0.949. The lowest BCUT2D eigenvalue weighted by Crippen LogP contribution is -2.59. The van der Waals surface area contributed by atoms with Gasteiger partial charge in [0.25, 0.3) is 0 Å². The van der Waals surface area contributed by atoms with Gasteiger partial charge in [-0.1, -0.05) is 5.11 Å². The quantitative estimate of drug-likeness (QED) is 0.228. The molecule has 0 bridgehead atoms. The van der Waals surface area contributed by atoms with Crippen molar-refractivity contribution in [3.8, 4) is 0 Å². The van der Waals surface area contributed by atoms with Crippen LogP contribution in [0.3, 0.4) is 0 Å². The highest BCUT2D eigenvalue weighted by Crippen LogP contribution is 2.15. The van der Waals surface area contributed by atoms with Crippen LogP contribution in [0.15, 0.2) is 5.11 Å². The van der Waals surface area contributed by atoms with E-state index in [4.69, 9.17) is 15.0 Å². The minimum absolute atomic E-state index is 0.266. The third-order valence-electron chi connectivity index (χ3n) is 2.63. The van der Waals surface area contributed by atoms with Crippen LogP contribution in [-0.2, 0) is 14.3 Å². The Kier molecular flexibility index (Phi) is 7.29. The molecule has 0 aliphatic carbocycles. The summed E-state index contributed by atoms with van der Waals surface area (Å²) in [7, 11) is 1.53. The van der Waals surface area contributed by atoms with Crippen LogP contribution in [0.25, 0.3) is 10.4 Å². The summed E-state index contributed by atoms with van der Waals surface area (Å²) in [4.78, 5) is 14.5. The number of hydrogen-bond donors (Lipinski definition) is 1. The van der Waals surface area contributed by atoms with E-state index in [0.29, 0.717) is 13.2 Å². The lowest BCUT2D eigenvalue weighted by molar-refractivity contribution is -0.156. The second-order valence-electron chi connectivity index (χ2n) is 3.68. The fourth-order valence-electron chi connectivity index (χ4n) is 1.31. The van der Waals surface area contributed by atoms with Crippen LogP contribution < -0.4 is 5.32 Å². The number of rotatable bonds is 8. The van der Waals surface area contributed by atoms with Crippen LogP contribution in [0.1, 0.15) is 20.8 Å². The molecular formula is C10H20N4O3.